The molecule has 1 aromatic heterocycles. The van der Waals surface area contributed by atoms with Gasteiger partial charge in [0.05, 0.1) is 23.0 Å². The summed E-state index contributed by atoms with van der Waals surface area (Å²) in [5.74, 6) is -0.531. The van der Waals surface area contributed by atoms with E-state index in [1.54, 1.807) is 73.7 Å². The lowest BCUT2D eigenvalue weighted by molar-refractivity contribution is -0.120. The second kappa shape index (κ2) is 11.3. The van der Waals surface area contributed by atoms with E-state index in [2.05, 4.69) is 10.6 Å². The van der Waals surface area contributed by atoms with Gasteiger partial charge in [0, 0.05) is 17.3 Å². The summed E-state index contributed by atoms with van der Waals surface area (Å²) in [6.45, 7) is 4.07. The van der Waals surface area contributed by atoms with Gasteiger partial charge in [-0.3, -0.25) is 19.0 Å². The monoisotopic (exact) mass is 518 g/mol. The zero-order valence-corrected chi connectivity index (χ0v) is 21.3. The van der Waals surface area contributed by atoms with Gasteiger partial charge < -0.3 is 10.6 Å². The van der Waals surface area contributed by atoms with E-state index in [4.69, 9.17) is 11.6 Å². The number of amides is 2. The minimum Gasteiger partial charge on any atom is -0.356 e. The molecular formula is C28H27ClN4O4. The Bertz CT molecular complexity index is 1590. The molecule has 0 fully saturated rings. The van der Waals surface area contributed by atoms with Crippen LogP contribution in [0, 0.1) is 6.92 Å². The Balaban J connectivity index is 1.70. The van der Waals surface area contributed by atoms with Gasteiger partial charge in [-0.15, -0.1) is 0 Å². The van der Waals surface area contributed by atoms with E-state index in [-0.39, 0.29) is 18.9 Å². The molecule has 8 nitrogen and oxygen atoms in total. The van der Waals surface area contributed by atoms with Crippen molar-refractivity contribution in [3.05, 3.63) is 104 Å². The number of hydrogen-bond donors (Lipinski definition) is 2. The van der Waals surface area contributed by atoms with Crippen molar-refractivity contribution < 1.29 is 9.59 Å². The molecule has 0 radical (unpaired) electrons. The molecule has 0 atom stereocenters. The van der Waals surface area contributed by atoms with Gasteiger partial charge in [0.15, 0.2) is 0 Å². The van der Waals surface area contributed by atoms with Crippen LogP contribution in [0.2, 0.25) is 5.02 Å². The molecule has 2 N–H and O–H groups in total. The molecule has 0 bridgehead atoms. The van der Waals surface area contributed by atoms with Gasteiger partial charge >= 0.3 is 5.69 Å². The Morgan fingerprint density at radius 2 is 1.65 bits per heavy atom. The molecule has 0 saturated heterocycles. The van der Waals surface area contributed by atoms with Crippen molar-refractivity contribution in [3.8, 4) is 5.69 Å². The van der Waals surface area contributed by atoms with Crippen LogP contribution < -0.4 is 21.9 Å². The van der Waals surface area contributed by atoms with Gasteiger partial charge in [-0.05, 0) is 60.9 Å². The number of rotatable bonds is 8. The molecule has 190 valence electrons. The first-order valence-corrected chi connectivity index (χ1v) is 12.3. The molecule has 0 aliphatic heterocycles. The maximum Gasteiger partial charge on any atom is 0.336 e. The molecule has 9 heteroatoms. The largest absolute Gasteiger partial charge is 0.356 e. The molecule has 0 aliphatic carbocycles. The van der Waals surface area contributed by atoms with Crippen molar-refractivity contribution in [3.63, 3.8) is 0 Å². The molecule has 0 spiro atoms. The molecule has 2 amide bonds. The van der Waals surface area contributed by atoms with Crippen LogP contribution in [0.5, 0.6) is 0 Å². The normalized spacial score (nSPS) is 10.9. The smallest absolute Gasteiger partial charge is 0.336 e. The van der Waals surface area contributed by atoms with Crippen LogP contribution >= 0.6 is 11.6 Å². The van der Waals surface area contributed by atoms with Crippen molar-refractivity contribution in [2.45, 2.75) is 33.2 Å². The zero-order valence-electron chi connectivity index (χ0n) is 20.6. The van der Waals surface area contributed by atoms with Crippen LogP contribution in [-0.2, 0) is 22.6 Å². The summed E-state index contributed by atoms with van der Waals surface area (Å²) in [5, 5.41) is 6.44. The highest BCUT2D eigenvalue weighted by molar-refractivity contribution is 6.31. The Kier molecular flexibility index (Phi) is 7.89. The minimum absolute atomic E-state index is 0.0965. The van der Waals surface area contributed by atoms with Gasteiger partial charge in [0.1, 0.15) is 6.54 Å². The average molecular weight is 519 g/mol. The number of benzene rings is 3. The third-order valence-electron chi connectivity index (χ3n) is 6.03. The Hall–Kier alpha value is -4.17. The van der Waals surface area contributed by atoms with Crippen LogP contribution in [0.3, 0.4) is 0 Å². The molecule has 0 saturated carbocycles. The third-order valence-corrected chi connectivity index (χ3v) is 6.43. The van der Waals surface area contributed by atoms with Gasteiger partial charge in [0.2, 0.25) is 11.8 Å². The summed E-state index contributed by atoms with van der Waals surface area (Å²) in [4.78, 5) is 51.9. The highest BCUT2D eigenvalue weighted by Crippen LogP contribution is 2.23. The number of fused-ring (bicyclic) bond motifs is 1. The predicted molar refractivity (Wildman–Crippen MR) is 146 cm³/mol. The Morgan fingerprint density at radius 3 is 2.38 bits per heavy atom. The summed E-state index contributed by atoms with van der Waals surface area (Å²) < 4.78 is 2.32. The standard InChI is InChI=1S/C28H27ClN4O4/c1-3-15-30-25(34)16-19-11-13-20(14-12-19)33-27(36)21-7-4-5-10-24(21)32(28(33)37)17-26(35)31-23-9-6-8-22(29)18(23)2/h4-14H,3,15-17H2,1-2H3,(H,30,34)(H,31,35). The number of para-hydroxylation sites is 1. The van der Waals surface area contributed by atoms with Crippen LogP contribution in [0.25, 0.3) is 16.6 Å². The number of carbonyl (C=O) groups is 2. The van der Waals surface area contributed by atoms with Crippen LogP contribution in [0.1, 0.15) is 24.5 Å². The minimum atomic E-state index is -0.643. The molecular weight excluding hydrogens is 492 g/mol. The van der Waals surface area contributed by atoms with Crippen molar-refractivity contribution in [1.29, 1.82) is 0 Å². The van der Waals surface area contributed by atoms with Crippen LogP contribution in [0.15, 0.2) is 76.3 Å². The lowest BCUT2D eigenvalue weighted by atomic mass is 10.1. The second-order valence-corrected chi connectivity index (χ2v) is 9.09. The molecule has 4 rings (SSSR count). The summed E-state index contributed by atoms with van der Waals surface area (Å²) in [6, 6.07) is 18.5. The summed E-state index contributed by atoms with van der Waals surface area (Å²) in [5.41, 5.74) is 1.58. The van der Waals surface area contributed by atoms with E-state index < -0.39 is 17.2 Å². The molecule has 0 unspecified atom stereocenters. The van der Waals surface area contributed by atoms with Crippen molar-refractivity contribution in [2.75, 3.05) is 11.9 Å². The number of halogens is 1. The first-order valence-electron chi connectivity index (χ1n) is 12.0. The van der Waals surface area contributed by atoms with E-state index in [0.29, 0.717) is 39.4 Å². The van der Waals surface area contributed by atoms with Gasteiger partial charge in [0.25, 0.3) is 5.56 Å². The molecule has 1 heterocycles. The fourth-order valence-electron chi connectivity index (χ4n) is 4.05. The SMILES string of the molecule is CCCNC(=O)Cc1ccc(-n2c(=O)c3ccccc3n(CC(=O)Nc3cccc(Cl)c3C)c2=O)cc1. The topological polar surface area (TPSA) is 102 Å². The number of nitrogens with zero attached hydrogens (tertiary/aromatic N) is 2. The number of nitrogens with one attached hydrogen (secondary N) is 2. The quantitative estimate of drug-likeness (QED) is 0.370. The predicted octanol–water partition coefficient (Wildman–Crippen LogP) is 3.82. The number of anilines is 1. The van der Waals surface area contributed by atoms with Crippen molar-refractivity contribution in [2.24, 2.45) is 0 Å². The van der Waals surface area contributed by atoms with Gasteiger partial charge in [-0.25, -0.2) is 9.36 Å². The Labute approximate surface area is 218 Å². The molecule has 0 aliphatic rings. The number of hydrogen-bond acceptors (Lipinski definition) is 4. The van der Waals surface area contributed by atoms with Gasteiger partial charge in [-0.1, -0.05) is 48.9 Å². The van der Waals surface area contributed by atoms with Crippen molar-refractivity contribution >= 4 is 40.0 Å². The van der Waals surface area contributed by atoms with Crippen molar-refractivity contribution in [1.82, 2.24) is 14.5 Å². The molecule has 4 aromatic rings. The van der Waals surface area contributed by atoms with Crippen LogP contribution in [-0.4, -0.2) is 27.5 Å². The van der Waals surface area contributed by atoms with E-state index in [1.165, 1.54) is 4.57 Å². The van der Waals surface area contributed by atoms with Crippen LogP contribution in [0.4, 0.5) is 5.69 Å². The van der Waals surface area contributed by atoms with E-state index >= 15 is 0 Å². The maximum atomic E-state index is 13.6. The van der Waals surface area contributed by atoms with E-state index in [9.17, 15) is 19.2 Å². The third kappa shape index (κ3) is 5.65. The molecule has 3 aromatic carbocycles. The van der Waals surface area contributed by atoms with E-state index in [1.807, 2.05) is 6.92 Å². The van der Waals surface area contributed by atoms with E-state index in [0.717, 1.165) is 16.6 Å². The highest BCUT2D eigenvalue weighted by atomic mass is 35.5. The summed E-state index contributed by atoms with van der Waals surface area (Å²) in [7, 11) is 0. The molecule has 37 heavy (non-hydrogen) atoms. The number of carbonyl (C=O) groups excluding carboxylic acids is 2. The first kappa shape index (κ1) is 25.9. The Morgan fingerprint density at radius 1 is 0.919 bits per heavy atom. The maximum absolute atomic E-state index is 13.6. The lowest BCUT2D eigenvalue weighted by Crippen LogP contribution is -2.40. The summed E-state index contributed by atoms with van der Waals surface area (Å²) >= 11 is 6.16. The zero-order chi connectivity index (χ0) is 26.5. The average Bonchev–Trinajstić information content (AvgIpc) is 2.89. The lowest BCUT2D eigenvalue weighted by Gasteiger charge is -2.15. The number of aromatic nitrogens is 2. The van der Waals surface area contributed by atoms with Gasteiger partial charge in [-0.2, -0.15) is 0 Å². The second-order valence-electron chi connectivity index (χ2n) is 8.68. The highest BCUT2D eigenvalue weighted by Gasteiger charge is 2.17. The summed E-state index contributed by atoms with van der Waals surface area (Å²) in [6.07, 6.45) is 1.04. The fraction of sp³-hybridized carbons (Fsp3) is 0.214. The first-order chi connectivity index (χ1) is 17.8. The fourth-order valence-corrected chi connectivity index (χ4v) is 4.23.